The van der Waals surface area contributed by atoms with Crippen molar-refractivity contribution in [1.82, 2.24) is 9.78 Å². The van der Waals surface area contributed by atoms with Crippen LogP contribution >= 0.6 is 11.6 Å². The molecule has 1 aromatic heterocycles. The summed E-state index contributed by atoms with van der Waals surface area (Å²) in [7, 11) is 0. The summed E-state index contributed by atoms with van der Waals surface area (Å²) in [6, 6.07) is 9.84. The van der Waals surface area contributed by atoms with Gasteiger partial charge in [0, 0.05) is 10.7 Å². The normalized spacial score (nSPS) is 9.71. The summed E-state index contributed by atoms with van der Waals surface area (Å²) in [5.41, 5.74) is 3.26. The van der Waals surface area contributed by atoms with Gasteiger partial charge in [0.25, 0.3) is 0 Å². The Hall–Kier alpha value is -1.28. The van der Waals surface area contributed by atoms with E-state index in [0.717, 1.165) is 22.8 Å². The van der Waals surface area contributed by atoms with Crippen molar-refractivity contribution in [3.63, 3.8) is 0 Å². The summed E-state index contributed by atoms with van der Waals surface area (Å²) in [6.07, 6.45) is 0.966. The van der Waals surface area contributed by atoms with Gasteiger partial charge in [-0.15, -0.1) is 0 Å². The van der Waals surface area contributed by atoms with Gasteiger partial charge >= 0.3 is 0 Å². The molecule has 0 saturated carbocycles. The van der Waals surface area contributed by atoms with Crippen molar-refractivity contribution in [1.29, 1.82) is 0 Å². The van der Waals surface area contributed by atoms with Gasteiger partial charge in [-0.3, -0.25) is 0 Å². The van der Waals surface area contributed by atoms with Crippen LogP contribution in [0.2, 0.25) is 5.02 Å². The molecular weight excluding hydrogens is 232 g/mol. The summed E-state index contributed by atoms with van der Waals surface area (Å²) < 4.78 is 1.95. The second-order valence-electron chi connectivity index (χ2n) is 3.52. The number of nitrogens with zero attached hydrogens (tertiary/aromatic N) is 2. The van der Waals surface area contributed by atoms with Crippen LogP contribution in [0.25, 0.3) is 5.69 Å². The summed E-state index contributed by atoms with van der Waals surface area (Å²) in [5.74, 6) is 0. The summed E-state index contributed by atoms with van der Waals surface area (Å²) in [6.45, 7) is 8.12. The molecule has 0 unspecified atom stereocenters. The first kappa shape index (κ1) is 13.8. The van der Waals surface area contributed by atoms with E-state index in [1.807, 2.05) is 49.7 Å². The third kappa shape index (κ3) is 3.34. The van der Waals surface area contributed by atoms with E-state index in [-0.39, 0.29) is 0 Å². The maximum Gasteiger partial charge on any atom is 0.0663 e. The maximum absolute atomic E-state index is 5.96. The molecule has 0 N–H and O–H groups in total. The fourth-order valence-electron chi connectivity index (χ4n) is 1.64. The molecule has 0 amide bonds. The number of hydrogen-bond acceptors (Lipinski definition) is 1. The molecule has 2 rings (SSSR count). The molecule has 3 heteroatoms. The fraction of sp³-hybridized carbons (Fsp3) is 0.357. The number of benzene rings is 1. The molecule has 0 aliphatic heterocycles. The van der Waals surface area contributed by atoms with E-state index in [1.165, 1.54) is 5.69 Å². The van der Waals surface area contributed by atoms with Crippen molar-refractivity contribution in [3.8, 4) is 5.69 Å². The van der Waals surface area contributed by atoms with Gasteiger partial charge in [-0.2, -0.15) is 5.10 Å². The molecule has 0 spiro atoms. The number of hydrogen-bond donors (Lipinski definition) is 0. The quantitative estimate of drug-likeness (QED) is 0.771. The number of rotatable bonds is 2. The SMILES string of the molecule is CC.CCc1cc(C)nn1-c1cccc(Cl)c1. The second kappa shape index (κ2) is 6.45. The lowest BCUT2D eigenvalue weighted by molar-refractivity contribution is 0.805. The topological polar surface area (TPSA) is 17.8 Å². The van der Waals surface area contributed by atoms with Crippen molar-refractivity contribution in [2.45, 2.75) is 34.1 Å². The van der Waals surface area contributed by atoms with E-state index >= 15 is 0 Å². The Labute approximate surface area is 108 Å². The summed E-state index contributed by atoms with van der Waals surface area (Å²) >= 11 is 5.96. The molecule has 1 heterocycles. The van der Waals surface area contributed by atoms with Gasteiger partial charge in [0.15, 0.2) is 0 Å². The Morgan fingerprint density at radius 2 is 1.94 bits per heavy atom. The van der Waals surface area contributed by atoms with Gasteiger partial charge in [-0.05, 0) is 37.6 Å². The Kier molecular flexibility index (Phi) is 5.23. The highest BCUT2D eigenvalue weighted by atomic mass is 35.5. The van der Waals surface area contributed by atoms with Crippen molar-refractivity contribution < 1.29 is 0 Å². The molecule has 2 nitrogen and oxygen atoms in total. The number of aryl methyl sites for hydroxylation is 2. The van der Waals surface area contributed by atoms with Crippen LogP contribution < -0.4 is 0 Å². The molecule has 0 radical (unpaired) electrons. The van der Waals surface area contributed by atoms with E-state index in [4.69, 9.17) is 11.6 Å². The zero-order valence-electron chi connectivity index (χ0n) is 10.9. The molecular formula is C14H19ClN2. The van der Waals surface area contributed by atoms with Crippen LogP contribution in [0.1, 0.15) is 32.2 Å². The molecule has 0 aliphatic rings. The highest BCUT2D eigenvalue weighted by Crippen LogP contribution is 2.17. The molecule has 0 saturated heterocycles. The Balaban J connectivity index is 0.000000686. The maximum atomic E-state index is 5.96. The van der Waals surface area contributed by atoms with Crippen LogP contribution in [0.3, 0.4) is 0 Å². The Morgan fingerprint density at radius 3 is 2.53 bits per heavy atom. The smallest absolute Gasteiger partial charge is 0.0663 e. The molecule has 92 valence electrons. The third-order valence-electron chi connectivity index (χ3n) is 2.32. The lowest BCUT2D eigenvalue weighted by atomic mass is 10.3. The molecule has 0 fully saturated rings. The van der Waals surface area contributed by atoms with Gasteiger partial charge in [-0.25, -0.2) is 4.68 Å². The first-order chi connectivity index (χ1) is 8.20. The molecule has 17 heavy (non-hydrogen) atoms. The lowest BCUT2D eigenvalue weighted by Crippen LogP contribution is -2.00. The van der Waals surface area contributed by atoms with Crippen LogP contribution in [0.4, 0.5) is 0 Å². The van der Waals surface area contributed by atoms with E-state index in [0.29, 0.717) is 0 Å². The largest absolute Gasteiger partial charge is 0.238 e. The minimum Gasteiger partial charge on any atom is -0.238 e. The van der Waals surface area contributed by atoms with Crippen molar-refractivity contribution in [2.75, 3.05) is 0 Å². The van der Waals surface area contributed by atoms with Crippen LogP contribution in [0.5, 0.6) is 0 Å². The molecule has 2 aromatic rings. The van der Waals surface area contributed by atoms with Crippen LogP contribution in [-0.4, -0.2) is 9.78 Å². The van der Waals surface area contributed by atoms with Crippen molar-refractivity contribution in [2.24, 2.45) is 0 Å². The molecule has 1 aromatic carbocycles. The average Bonchev–Trinajstić information content (AvgIpc) is 2.73. The lowest BCUT2D eigenvalue weighted by Gasteiger charge is -2.05. The standard InChI is InChI=1S/C12H13ClN2.C2H6/c1-3-11-7-9(2)14-15(11)12-6-4-5-10(13)8-12;1-2/h4-8H,3H2,1-2H3;1-2H3. The predicted molar refractivity (Wildman–Crippen MR) is 74.0 cm³/mol. The van der Waals surface area contributed by atoms with E-state index in [9.17, 15) is 0 Å². The molecule has 0 bridgehead atoms. The monoisotopic (exact) mass is 250 g/mol. The van der Waals surface area contributed by atoms with Gasteiger partial charge in [0.05, 0.1) is 11.4 Å². The van der Waals surface area contributed by atoms with Gasteiger partial charge in [0.1, 0.15) is 0 Å². The first-order valence-electron chi connectivity index (χ1n) is 6.02. The zero-order valence-corrected chi connectivity index (χ0v) is 11.6. The average molecular weight is 251 g/mol. The minimum atomic E-state index is 0.739. The van der Waals surface area contributed by atoms with Gasteiger partial charge in [-0.1, -0.05) is 38.4 Å². The molecule has 0 aliphatic carbocycles. The van der Waals surface area contributed by atoms with E-state index in [2.05, 4.69) is 18.1 Å². The summed E-state index contributed by atoms with van der Waals surface area (Å²) in [4.78, 5) is 0. The number of halogens is 1. The van der Waals surface area contributed by atoms with E-state index < -0.39 is 0 Å². The van der Waals surface area contributed by atoms with Crippen LogP contribution in [-0.2, 0) is 6.42 Å². The second-order valence-corrected chi connectivity index (χ2v) is 3.96. The van der Waals surface area contributed by atoms with Crippen LogP contribution in [0, 0.1) is 6.92 Å². The molecule has 0 atom stereocenters. The van der Waals surface area contributed by atoms with Gasteiger partial charge < -0.3 is 0 Å². The van der Waals surface area contributed by atoms with Crippen LogP contribution in [0.15, 0.2) is 30.3 Å². The van der Waals surface area contributed by atoms with Crippen molar-refractivity contribution in [3.05, 3.63) is 46.7 Å². The van der Waals surface area contributed by atoms with Crippen molar-refractivity contribution >= 4 is 11.6 Å². The summed E-state index contributed by atoms with van der Waals surface area (Å²) in [5, 5.41) is 5.19. The zero-order chi connectivity index (χ0) is 12.8. The minimum absolute atomic E-state index is 0.739. The van der Waals surface area contributed by atoms with Gasteiger partial charge in [0.2, 0.25) is 0 Å². The predicted octanol–water partition coefficient (Wildman–Crippen LogP) is 4.42. The first-order valence-corrected chi connectivity index (χ1v) is 6.40. The number of aromatic nitrogens is 2. The fourth-order valence-corrected chi connectivity index (χ4v) is 1.82. The third-order valence-corrected chi connectivity index (χ3v) is 2.56. The highest BCUT2D eigenvalue weighted by molar-refractivity contribution is 6.30. The van der Waals surface area contributed by atoms with E-state index in [1.54, 1.807) is 0 Å². The highest BCUT2D eigenvalue weighted by Gasteiger charge is 2.05. The Bertz CT molecular complexity index is 475. The Morgan fingerprint density at radius 1 is 1.24 bits per heavy atom.